The molecule has 140 valence electrons. The van der Waals surface area contributed by atoms with E-state index in [1.807, 2.05) is 33.0 Å². The molecule has 5 heteroatoms. The molecule has 1 aromatic rings. The second kappa shape index (κ2) is 8.65. The average molecular weight is 348 g/mol. The molecule has 1 aliphatic rings. The number of nitrogens with zero attached hydrogens (tertiary/aromatic N) is 3. The lowest BCUT2D eigenvalue weighted by molar-refractivity contribution is 0.0578. The number of hydrogen-bond acceptors (Lipinski definition) is 4. The Morgan fingerprint density at radius 3 is 2.68 bits per heavy atom. The number of carbonyl (C=O) groups is 1. The number of rotatable bonds is 5. The van der Waals surface area contributed by atoms with Crippen LogP contribution in [0.15, 0.2) is 18.3 Å². The Morgan fingerprint density at radius 1 is 1.36 bits per heavy atom. The van der Waals surface area contributed by atoms with Crippen molar-refractivity contribution < 1.29 is 9.53 Å². The summed E-state index contributed by atoms with van der Waals surface area (Å²) in [4.78, 5) is 21.2. The third-order valence-corrected chi connectivity index (χ3v) is 4.55. The lowest BCUT2D eigenvalue weighted by Crippen LogP contribution is -2.38. The molecule has 25 heavy (non-hydrogen) atoms. The van der Waals surface area contributed by atoms with Gasteiger partial charge in [0.05, 0.1) is 0 Å². The van der Waals surface area contributed by atoms with Crippen molar-refractivity contribution in [3.63, 3.8) is 0 Å². The van der Waals surface area contributed by atoms with E-state index in [4.69, 9.17) is 4.74 Å². The highest BCUT2D eigenvalue weighted by molar-refractivity contribution is 5.86. The molecule has 2 heterocycles. The Labute approximate surface area is 152 Å². The largest absolute Gasteiger partial charge is 0.443 e. The van der Waals surface area contributed by atoms with Gasteiger partial charge in [-0.3, -0.25) is 9.80 Å². The number of likely N-dealkylation sites (tertiary alicyclic amines) is 1. The summed E-state index contributed by atoms with van der Waals surface area (Å²) in [5.74, 6) is 0.671. The Bertz CT molecular complexity index is 551. The highest BCUT2D eigenvalue weighted by atomic mass is 16.6. The molecule has 0 spiro atoms. The molecule has 2 rings (SSSR count). The molecule has 0 aromatic carbocycles. The maximum Gasteiger partial charge on any atom is 0.416 e. The monoisotopic (exact) mass is 347 g/mol. The minimum Gasteiger partial charge on any atom is -0.443 e. The van der Waals surface area contributed by atoms with E-state index in [1.165, 1.54) is 24.8 Å². The van der Waals surface area contributed by atoms with Crippen molar-refractivity contribution in [3.05, 3.63) is 23.9 Å². The summed E-state index contributed by atoms with van der Waals surface area (Å²) in [7, 11) is 2.17. The first kappa shape index (κ1) is 19.7. The normalized spacial score (nSPS) is 18.8. The molecular formula is C20H33N3O2. The second-order valence-corrected chi connectivity index (χ2v) is 7.93. The summed E-state index contributed by atoms with van der Waals surface area (Å²) in [5.41, 5.74) is 0.720. The molecule has 1 aliphatic heterocycles. The summed E-state index contributed by atoms with van der Waals surface area (Å²) in [6.07, 6.45) is 7.24. The van der Waals surface area contributed by atoms with Gasteiger partial charge in [0.2, 0.25) is 0 Å². The number of aromatic nitrogens is 1. The summed E-state index contributed by atoms with van der Waals surface area (Å²) < 4.78 is 5.55. The van der Waals surface area contributed by atoms with Gasteiger partial charge in [0.1, 0.15) is 11.4 Å². The van der Waals surface area contributed by atoms with E-state index in [9.17, 15) is 4.79 Å². The minimum absolute atomic E-state index is 0.323. The van der Waals surface area contributed by atoms with Crippen LogP contribution < -0.4 is 4.90 Å². The molecule has 1 fully saturated rings. The van der Waals surface area contributed by atoms with Crippen molar-refractivity contribution in [1.82, 2.24) is 9.88 Å². The fourth-order valence-electron chi connectivity index (χ4n) is 3.18. The van der Waals surface area contributed by atoms with Gasteiger partial charge >= 0.3 is 6.09 Å². The highest BCUT2D eigenvalue weighted by Gasteiger charge is 2.25. The van der Waals surface area contributed by atoms with E-state index in [0.29, 0.717) is 18.4 Å². The van der Waals surface area contributed by atoms with Crippen molar-refractivity contribution in [3.8, 4) is 0 Å². The van der Waals surface area contributed by atoms with Crippen LogP contribution in [0.3, 0.4) is 0 Å². The van der Waals surface area contributed by atoms with E-state index < -0.39 is 5.60 Å². The van der Waals surface area contributed by atoms with Gasteiger partial charge in [-0.25, -0.2) is 9.78 Å². The van der Waals surface area contributed by atoms with Crippen molar-refractivity contribution in [1.29, 1.82) is 0 Å². The Hall–Kier alpha value is -1.62. The van der Waals surface area contributed by atoms with Gasteiger partial charge in [0, 0.05) is 18.8 Å². The molecule has 0 aliphatic carbocycles. The topological polar surface area (TPSA) is 45.7 Å². The van der Waals surface area contributed by atoms with Crippen LogP contribution >= 0.6 is 0 Å². The van der Waals surface area contributed by atoms with Gasteiger partial charge in [-0.15, -0.1) is 0 Å². The molecule has 0 N–H and O–H groups in total. The van der Waals surface area contributed by atoms with E-state index in [2.05, 4.69) is 29.9 Å². The first-order valence-electron chi connectivity index (χ1n) is 9.48. The molecule has 1 aromatic heterocycles. The van der Waals surface area contributed by atoms with Gasteiger partial charge < -0.3 is 4.74 Å². The zero-order valence-corrected chi connectivity index (χ0v) is 16.4. The predicted octanol–water partition coefficient (Wildman–Crippen LogP) is 4.78. The van der Waals surface area contributed by atoms with Crippen LogP contribution in [0.2, 0.25) is 0 Å². The van der Waals surface area contributed by atoms with Gasteiger partial charge in [-0.05, 0) is 65.3 Å². The Kier molecular flexibility index (Phi) is 6.82. The van der Waals surface area contributed by atoms with Crippen molar-refractivity contribution in [2.75, 3.05) is 25.0 Å². The molecule has 1 amide bonds. The van der Waals surface area contributed by atoms with E-state index in [-0.39, 0.29) is 6.09 Å². The van der Waals surface area contributed by atoms with Gasteiger partial charge in [-0.1, -0.05) is 25.8 Å². The van der Waals surface area contributed by atoms with Crippen LogP contribution in [0.25, 0.3) is 0 Å². The van der Waals surface area contributed by atoms with Crippen LogP contribution in [-0.2, 0) is 4.74 Å². The number of ether oxygens (including phenoxy) is 1. The zero-order valence-electron chi connectivity index (χ0n) is 16.4. The van der Waals surface area contributed by atoms with Crippen LogP contribution in [0.4, 0.5) is 10.6 Å². The summed E-state index contributed by atoms with van der Waals surface area (Å²) >= 11 is 0. The van der Waals surface area contributed by atoms with Crippen molar-refractivity contribution >= 4 is 11.9 Å². The minimum atomic E-state index is -0.508. The number of pyridine rings is 1. The standard InChI is InChI=1S/C20H33N3O2/c1-6-7-14-23(19(24)25-20(2,3)4)18-12-11-16(15-21-18)17-10-8-9-13-22(17)5/h11-12,15,17H,6-10,13-14H2,1-5H3/t17-/m0/s1. The SMILES string of the molecule is CCCCN(C(=O)OC(C)(C)C)c1ccc([C@@H]2CCCCN2C)cn1. The van der Waals surface area contributed by atoms with Crippen LogP contribution in [0.5, 0.6) is 0 Å². The molecule has 0 radical (unpaired) electrons. The molecule has 0 saturated carbocycles. The number of piperidine rings is 1. The maximum atomic E-state index is 12.6. The van der Waals surface area contributed by atoms with E-state index in [1.54, 1.807) is 4.90 Å². The third-order valence-electron chi connectivity index (χ3n) is 4.55. The van der Waals surface area contributed by atoms with E-state index >= 15 is 0 Å². The second-order valence-electron chi connectivity index (χ2n) is 7.93. The van der Waals surface area contributed by atoms with E-state index in [0.717, 1.165) is 19.4 Å². The molecule has 5 nitrogen and oxygen atoms in total. The quantitative estimate of drug-likeness (QED) is 0.769. The molecule has 0 bridgehead atoms. The number of unbranched alkanes of at least 4 members (excludes halogenated alkanes) is 1. The number of carbonyl (C=O) groups excluding carboxylic acids is 1. The predicted molar refractivity (Wildman–Crippen MR) is 102 cm³/mol. The maximum absolute atomic E-state index is 12.6. The average Bonchev–Trinajstić information content (AvgIpc) is 2.55. The number of amides is 1. The van der Waals surface area contributed by atoms with Gasteiger partial charge in [0.15, 0.2) is 0 Å². The molecule has 0 unspecified atom stereocenters. The smallest absolute Gasteiger partial charge is 0.416 e. The lowest BCUT2D eigenvalue weighted by Gasteiger charge is -2.33. The molecule has 1 saturated heterocycles. The van der Waals surface area contributed by atoms with Gasteiger partial charge in [-0.2, -0.15) is 0 Å². The summed E-state index contributed by atoms with van der Waals surface area (Å²) in [6.45, 7) is 9.53. The third kappa shape index (κ3) is 5.70. The fraction of sp³-hybridized carbons (Fsp3) is 0.700. The first-order chi connectivity index (χ1) is 11.8. The number of hydrogen-bond donors (Lipinski definition) is 0. The van der Waals surface area contributed by atoms with Crippen LogP contribution in [0, 0.1) is 0 Å². The summed E-state index contributed by atoms with van der Waals surface area (Å²) in [6, 6.07) is 4.50. The van der Waals surface area contributed by atoms with Gasteiger partial charge in [0.25, 0.3) is 0 Å². The van der Waals surface area contributed by atoms with Crippen molar-refractivity contribution in [2.45, 2.75) is 71.4 Å². The fourth-order valence-corrected chi connectivity index (χ4v) is 3.18. The zero-order chi connectivity index (χ0) is 18.4. The van der Waals surface area contributed by atoms with Crippen LogP contribution in [0.1, 0.15) is 71.4 Å². The van der Waals surface area contributed by atoms with Crippen molar-refractivity contribution in [2.24, 2.45) is 0 Å². The lowest BCUT2D eigenvalue weighted by atomic mass is 9.97. The highest BCUT2D eigenvalue weighted by Crippen LogP contribution is 2.30. The Balaban J connectivity index is 2.15. The summed E-state index contributed by atoms with van der Waals surface area (Å²) in [5, 5.41) is 0. The van der Waals surface area contributed by atoms with Crippen LogP contribution in [-0.4, -0.2) is 41.7 Å². The number of anilines is 1. The molecular weight excluding hydrogens is 314 g/mol. The Morgan fingerprint density at radius 2 is 2.12 bits per heavy atom. The first-order valence-corrected chi connectivity index (χ1v) is 9.48. The molecule has 1 atom stereocenters.